The van der Waals surface area contributed by atoms with E-state index < -0.39 is 0 Å². The van der Waals surface area contributed by atoms with Gasteiger partial charge in [-0.05, 0) is 18.9 Å². The van der Waals surface area contributed by atoms with Gasteiger partial charge in [0.05, 0.1) is 19.7 Å². The zero-order valence-corrected chi connectivity index (χ0v) is 15.4. The Hall–Kier alpha value is -2.64. The Labute approximate surface area is 149 Å². The van der Waals surface area contributed by atoms with Gasteiger partial charge in [-0.3, -0.25) is 4.68 Å². The lowest BCUT2D eigenvalue weighted by Crippen LogP contribution is -2.39. The van der Waals surface area contributed by atoms with Crippen LogP contribution in [0.25, 0.3) is 0 Å². The van der Waals surface area contributed by atoms with Gasteiger partial charge in [-0.2, -0.15) is 5.10 Å². The molecule has 2 aromatic rings. The van der Waals surface area contributed by atoms with Crippen LogP contribution in [-0.2, 0) is 20.1 Å². The minimum absolute atomic E-state index is 0.548. The standard InChI is InChI=1S/C17H27N7O/c1-5-9-25-16-8-7-14(10-19-16)11-20-17(18-6-2)23(3)12-15-21-13-22-24(15)4/h7-8,10,13H,5-6,9,11-12H2,1-4H3,(H,18,20). The minimum Gasteiger partial charge on any atom is -0.478 e. The molecule has 0 amide bonds. The number of ether oxygens (including phenoxy) is 1. The summed E-state index contributed by atoms with van der Waals surface area (Å²) in [7, 11) is 3.87. The molecule has 0 saturated carbocycles. The fraction of sp³-hybridized carbons (Fsp3) is 0.529. The van der Waals surface area contributed by atoms with Crippen molar-refractivity contribution in [2.75, 3.05) is 20.2 Å². The van der Waals surface area contributed by atoms with Crippen molar-refractivity contribution in [3.05, 3.63) is 36.0 Å². The van der Waals surface area contributed by atoms with Crippen molar-refractivity contribution in [3.8, 4) is 5.88 Å². The summed E-state index contributed by atoms with van der Waals surface area (Å²) in [5.41, 5.74) is 1.03. The van der Waals surface area contributed by atoms with Crippen LogP contribution in [0, 0.1) is 0 Å². The molecule has 2 heterocycles. The number of hydrogen-bond acceptors (Lipinski definition) is 5. The number of guanidine groups is 1. The van der Waals surface area contributed by atoms with Crippen molar-refractivity contribution in [3.63, 3.8) is 0 Å². The third-order valence-corrected chi connectivity index (χ3v) is 3.54. The van der Waals surface area contributed by atoms with E-state index in [9.17, 15) is 0 Å². The van der Waals surface area contributed by atoms with E-state index in [4.69, 9.17) is 4.74 Å². The predicted molar refractivity (Wildman–Crippen MR) is 97.3 cm³/mol. The summed E-state index contributed by atoms with van der Waals surface area (Å²) >= 11 is 0. The van der Waals surface area contributed by atoms with Crippen LogP contribution in [0.4, 0.5) is 0 Å². The molecular formula is C17H27N7O. The topological polar surface area (TPSA) is 80.5 Å². The van der Waals surface area contributed by atoms with Crippen molar-refractivity contribution in [2.24, 2.45) is 12.0 Å². The van der Waals surface area contributed by atoms with E-state index in [2.05, 4.69) is 32.3 Å². The summed E-state index contributed by atoms with van der Waals surface area (Å²) in [5.74, 6) is 2.35. The van der Waals surface area contributed by atoms with E-state index in [-0.39, 0.29) is 0 Å². The Morgan fingerprint density at radius 2 is 2.16 bits per heavy atom. The average molecular weight is 345 g/mol. The molecule has 0 aromatic carbocycles. The average Bonchev–Trinajstić information content (AvgIpc) is 3.02. The summed E-state index contributed by atoms with van der Waals surface area (Å²) in [6.07, 6.45) is 4.33. The van der Waals surface area contributed by atoms with Gasteiger partial charge in [-0.15, -0.1) is 0 Å². The molecule has 8 heteroatoms. The zero-order chi connectivity index (χ0) is 18.1. The van der Waals surface area contributed by atoms with Crippen molar-refractivity contribution in [2.45, 2.75) is 33.4 Å². The maximum Gasteiger partial charge on any atom is 0.213 e. The van der Waals surface area contributed by atoms with Gasteiger partial charge in [0.2, 0.25) is 5.88 Å². The van der Waals surface area contributed by atoms with Crippen molar-refractivity contribution >= 4 is 5.96 Å². The fourth-order valence-corrected chi connectivity index (χ4v) is 2.18. The first-order valence-corrected chi connectivity index (χ1v) is 8.54. The molecule has 0 fully saturated rings. The Bertz CT molecular complexity index is 666. The number of nitrogens with one attached hydrogen (secondary N) is 1. The SMILES string of the molecule is CCCOc1ccc(CN=C(NCC)N(C)Cc2ncnn2C)cn1. The van der Waals surface area contributed by atoms with E-state index in [0.29, 0.717) is 25.6 Å². The molecule has 0 radical (unpaired) electrons. The summed E-state index contributed by atoms with van der Waals surface area (Å²) in [6.45, 7) is 6.78. The number of aryl methyl sites for hydroxylation is 1. The van der Waals surface area contributed by atoms with Crippen molar-refractivity contribution in [1.82, 2.24) is 30.0 Å². The molecule has 2 rings (SSSR count). The van der Waals surface area contributed by atoms with Gasteiger partial charge in [0.15, 0.2) is 5.96 Å². The molecule has 0 aliphatic carbocycles. The second-order valence-corrected chi connectivity index (χ2v) is 5.68. The van der Waals surface area contributed by atoms with Crippen LogP contribution in [-0.4, -0.2) is 50.8 Å². The Morgan fingerprint density at radius 3 is 2.76 bits per heavy atom. The second-order valence-electron chi connectivity index (χ2n) is 5.68. The molecule has 25 heavy (non-hydrogen) atoms. The number of aliphatic imine (C=N–C) groups is 1. The van der Waals surface area contributed by atoms with E-state index in [1.54, 1.807) is 17.2 Å². The molecule has 1 N–H and O–H groups in total. The van der Waals surface area contributed by atoms with Gasteiger partial charge >= 0.3 is 0 Å². The molecule has 0 aliphatic heterocycles. The van der Waals surface area contributed by atoms with Crippen LogP contribution < -0.4 is 10.1 Å². The van der Waals surface area contributed by atoms with Gasteiger partial charge in [0.25, 0.3) is 0 Å². The van der Waals surface area contributed by atoms with Crippen molar-refractivity contribution in [1.29, 1.82) is 0 Å². The highest BCUT2D eigenvalue weighted by molar-refractivity contribution is 5.79. The highest BCUT2D eigenvalue weighted by atomic mass is 16.5. The monoisotopic (exact) mass is 345 g/mol. The van der Waals surface area contributed by atoms with Gasteiger partial charge < -0.3 is 15.0 Å². The third kappa shape index (κ3) is 5.74. The maximum atomic E-state index is 5.50. The first-order chi connectivity index (χ1) is 12.1. The molecular weight excluding hydrogens is 318 g/mol. The largest absolute Gasteiger partial charge is 0.478 e. The van der Waals surface area contributed by atoms with Crippen LogP contribution in [0.2, 0.25) is 0 Å². The first kappa shape index (κ1) is 18.7. The molecule has 0 bridgehead atoms. The first-order valence-electron chi connectivity index (χ1n) is 8.54. The number of rotatable bonds is 8. The normalized spacial score (nSPS) is 11.4. The Kier molecular flexibility index (Phi) is 7.18. The van der Waals surface area contributed by atoms with Crippen LogP contribution in [0.1, 0.15) is 31.7 Å². The highest BCUT2D eigenvalue weighted by Gasteiger charge is 2.10. The summed E-state index contributed by atoms with van der Waals surface area (Å²) in [6, 6.07) is 3.88. The maximum absolute atomic E-state index is 5.50. The van der Waals surface area contributed by atoms with E-state index >= 15 is 0 Å². The van der Waals surface area contributed by atoms with Crippen LogP contribution >= 0.6 is 0 Å². The molecule has 0 atom stereocenters. The van der Waals surface area contributed by atoms with Crippen LogP contribution in [0.5, 0.6) is 5.88 Å². The predicted octanol–water partition coefficient (Wildman–Crippen LogP) is 1.60. The van der Waals surface area contributed by atoms with Crippen LogP contribution in [0.15, 0.2) is 29.6 Å². The second kappa shape index (κ2) is 9.61. The highest BCUT2D eigenvalue weighted by Crippen LogP contribution is 2.09. The van der Waals surface area contributed by atoms with Gasteiger partial charge in [0, 0.05) is 32.9 Å². The number of hydrogen-bond donors (Lipinski definition) is 1. The smallest absolute Gasteiger partial charge is 0.213 e. The van der Waals surface area contributed by atoms with Gasteiger partial charge in [-0.25, -0.2) is 15.0 Å². The van der Waals surface area contributed by atoms with E-state index in [1.165, 1.54) is 0 Å². The van der Waals surface area contributed by atoms with Gasteiger partial charge in [-0.1, -0.05) is 13.0 Å². The lowest BCUT2D eigenvalue weighted by Gasteiger charge is -2.21. The summed E-state index contributed by atoms with van der Waals surface area (Å²) in [4.78, 5) is 15.3. The van der Waals surface area contributed by atoms with Gasteiger partial charge in [0.1, 0.15) is 12.2 Å². The quantitative estimate of drug-likeness (QED) is 0.578. The Morgan fingerprint density at radius 1 is 1.32 bits per heavy atom. The molecule has 0 unspecified atom stereocenters. The molecule has 0 saturated heterocycles. The summed E-state index contributed by atoms with van der Waals surface area (Å²) in [5, 5.41) is 7.39. The third-order valence-electron chi connectivity index (χ3n) is 3.54. The molecule has 2 aromatic heterocycles. The van der Waals surface area contributed by atoms with E-state index in [1.807, 2.05) is 38.1 Å². The lowest BCUT2D eigenvalue weighted by atomic mass is 10.3. The van der Waals surface area contributed by atoms with E-state index in [0.717, 1.165) is 30.3 Å². The molecule has 0 spiro atoms. The molecule has 136 valence electrons. The fourth-order valence-electron chi connectivity index (χ4n) is 2.18. The van der Waals surface area contributed by atoms with Crippen LogP contribution in [0.3, 0.4) is 0 Å². The number of aromatic nitrogens is 4. The summed E-state index contributed by atoms with van der Waals surface area (Å²) < 4.78 is 7.26. The number of pyridine rings is 1. The lowest BCUT2D eigenvalue weighted by molar-refractivity contribution is 0.305. The molecule has 8 nitrogen and oxygen atoms in total. The minimum atomic E-state index is 0.548. The Balaban J connectivity index is 1.99. The molecule has 0 aliphatic rings. The van der Waals surface area contributed by atoms with Crippen molar-refractivity contribution < 1.29 is 4.74 Å². The number of nitrogens with zero attached hydrogens (tertiary/aromatic N) is 6. The zero-order valence-electron chi connectivity index (χ0n) is 15.4.